The lowest BCUT2D eigenvalue weighted by Gasteiger charge is -2.16. The molecule has 0 aliphatic carbocycles. The smallest absolute Gasteiger partial charge is 0.263 e. The van der Waals surface area contributed by atoms with Gasteiger partial charge in [0.1, 0.15) is 5.82 Å². The Hall–Kier alpha value is -4.43. The average molecular weight is 545 g/mol. The van der Waals surface area contributed by atoms with Crippen LogP contribution < -0.4 is 15.2 Å². The highest BCUT2D eigenvalue weighted by atomic mass is 32.2. The number of nitrogens with zero attached hydrogens (tertiary/aromatic N) is 5. The number of aromatic nitrogens is 3. The van der Waals surface area contributed by atoms with Crippen molar-refractivity contribution in [3.8, 4) is 17.3 Å². The lowest BCUT2D eigenvalue weighted by molar-refractivity contribution is -0.117. The van der Waals surface area contributed by atoms with Crippen LogP contribution in [-0.4, -0.2) is 34.8 Å². The second kappa shape index (κ2) is 10.7. The molecule has 39 heavy (non-hydrogen) atoms. The van der Waals surface area contributed by atoms with Crippen LogP contribution in [0.3, 0.4) is 0 Å². The van der Waals surface area contributed by atoms with Gasteiger partial charge in [-0.15, -0.1) is 0 Å². The molecule has 4 aromatic rings. The maximum absolute atomic E-state index is 13.1. The quantitative estimate of drug-likeness (QED) is 0.315. The van der Waals surface area contributed by atoms with Crippen molar-refractivity contribution in [3.05, 3.63) is 76.7 Å². The van der Waals surface area contributed by atoms with Crippen LogP contribution in [0.2, 0.25) is 0 Å². The number of hydrogen-bond acceptors (Lipinski definition) is 6. The largest absolute Gasteiger partial charge is 0.312 e. The standard InChI is InChI=1S/C28H28N6O4S/c1-2-3-4-15-33-24(21-9-11-22(12-10-21)32-16-5-6-26(32)35)19-34-27(36)17-25(30-28(33)34)31-39(37,38)23-13-7-20(18-29)8-14-23/h7-14,17,19,31H,2-6,15-16H2,1H3. The van der Waals surface area contributed by atoms with E-state index in [-0.39, 0.29) is 16.6 Å². The highest BCUT2D eigenvalue weighted by molar-refractivity contribution is 7.92. The number of nitrogens with one attached hydrogen (secondary N) is 1. The highest BCUT2D eigenvalue weighted by Crippen LogP contribution is 2.28. The molecule has 1 saturated heterocycles. The molecule has 0 unspecified atom stereocenters. The van der Waals surface area contributed by atoms with Crippen LogP contribution in [-0.2, 0) is 21.4 Å². The number of anilines is 2. The molecular formula is C28H28N6O4S. The zero-order chi connectivity index (χ0) is 27.6. The third-order valence-corrected chi connectivity index (χ3v) is 8.15. The molecule has 2 aromatic heterocycles. The highest BCUT2D eigenvalue weighted by Gasteiger charge is 2.22. The Bertz CT molecular complexity index is 1730. The van der Waals surface area contributed by atoms with E-state index in [0.29, 0.717) is 30.9 Å². The van der Waals surface area contributed by atoms with Crippen molar-refractivity contribution in [3.63, 3.8) is 0 Å². The van der Waals surface area contributed by atoms with Crippen LogP contribution >= 0.6 is 0 Å². The van der Waals surface area contributed by atoms with Crippen molar-refractivity contribution in [1.29, 1.82) is 5.26 Å². The van der Waals surface area contributed by atoms with Gasteiger partial charge < -0.3 is 9.47 Å². The zero-order valence-electron chi connectivity index (χ0n) is 21.5. The molecule has 2 aromatic carbocycles. The topological polar surface area (TPSA) is 130 Å². The number of benzene rings is 2. The number of fused-ring (bicyclic) bond motifs is 1. The first-order chi connectivity index (χ1) is 18.8. The van der Waals surface area contributed by atoms with Gasteiger partial charge >= 0.3 is 0 Å². The van der Waals surface area contributed by atoms with E-state index in [9.17, 15) is 18.0 Å². The van der Waals surface area contributed by atoms with E-state index in [2.05, 4.69) is 16.6 Å². The third-order valence-electron chi connectivity index (χ3n) is 6.78. The van der Waals surface area contributed by atoms with Gasteiger partial charge in [-0.05, 0) is 54.8 Å². The summed E-state index contributed by atoms with van der Waals surface area (Å²) in [4.78, 5) is 31.5. The normalized spacial score (nSPS) is 13.6. The van der Waals surface area contributed by atoms with E-state index in [1.54, 1.807) is 11.1 Å². The summed E-state index contributed by atoms with van der Waals surface area (Å²) in [5.41, 5.74) is 2.37. The van der Waals surface area contributed by atoms with Crippen molar-refractivity contribution in [2.75, 3.05) is 16.2 Å². The summed E-state index contributed by atoms with van der Waals surface area (Å²) < 4.78 is 31.7. The summed E-state index contributed by atoms with van der Waals surface area (Å²) in [7, 11) is -4.03. The maximum Gasteiger partial charge on any atom is 0.263 e. The summed E-state index contributed by atoms with van der Waals surface area (Å²) in [6, 6.07) is 16.2. The molecule has 5 rings (SSSR count). The fourth-order valence-electron chi connectivity index (χ4n) is 4.75. The SMILES string of the molecule is CCCCCn1c(-c2ccc(N3CCCC3=O)cc2)cn2c(=O)cc(NS(=O)(=O)c3ccc(C#N)cc3)nc12. The Kier molecular flexibility index (Phi) is 7.21. The molecule has 1 aliphatic heterocycles. The molecule has 0 bridgehead atoms. The Morgan fingerprint density at radius 2 is 1.79 bits per heavy atom. The van der Waals surface area contributed by atoms with Crippen LogP contribution in [0.15, 0.2) is 70.5 Å². The lowest BCUT2D eigenvalue weighted by Crippen LogP contribution is -2.23. The van der Waals surface area contributed by atoms with Crippen molar-refractivity contribution < 1.29 is 13.2 Å². The van der Waals surface area contributed by atoms with Crippen molar-refractivity contribution in [2.24, 2.45) is 0 Å². The first-order valence-corrected chi connectivity index (χ1v) is 14.4. The van der Waals surface area contributed by atoms with E-state index in [1.165, 1.54) is 28.7 Å². The Balaban J connectivity index is 1.53. The molecule has 0 spiro atoms. The molecule has 1 fully saturated rings. The molecule has 1 aliphatic rings. The van der Waals surface area contributed by atoms with E-state index >= 15 is 0 Å². The number of hydrogen-bond donors (Lipinski definition) is 1. The fourth-order valence-corrected chi connectivity index (χ4v) is 5.74. The number of sulfonamides is 1. The summed E-state index contributed by atoms with van der Waals surface area (Å²) in [5.74, 6) is 0.349. The Labute approximate surface area is 226 Å². The molecule has 10 nitrogen and oxygen atoms in total. The zero-order valence-corrected chi connectivity index (χ0v) is 22.3. The second-order valence-corrected chi connectivity index (χ2v) is 11.1. The number of carbonyl (C=O) groups excluding carboxylic acids is 1. The summed E-state index contributed by atoms with van der Waals surface area (Å²) in [6.07, 6.45) is 5.96. The summed E-state index contributed by atoms with van der Waals surface area (Å²) >= 11 is 0. The predicted molar refractivity (Wildman–Crippen MR) is 148 cm³/mol. The van der Waals surface area contributed by atoms with Gasteiger partial charge in [-0.1, -0.05) is 31.9 Å². The molecule has 1 N–H and O–H groups in total. The number of rotatable bonds is 9. The number of unbranched alkanes of at least 4 members (excludes halogenated alkanes) is 2. The van der Waals surface area contributed by atoms with Crippen molar-refractivity contribution in [2.45, 2.75) is 50.5 Å². The Morgan fingerprint density at radius 3 is 2.44 bits per heavy atom. The molecule has 200 valence electrons. The lowest BCUT2D eigenvalue weighted by atomic mass is 10.1. The van der Waals surface area contributed by atoms with Gasteiger partial charge in [0.15, 0.2) is 0 Å². The molecule has 1 amide bonds. The summed E-state index contributed by atoms with van der Waals surface area (Å²) in [6.45, 7) is 3.39. The monoisotopic (exact) mass is 544 g/mol. The van der Waals surface area contributed by atoms with E-state index in [0.717, 1.165) is 48.7 Å². The minimum atomic E-state index is -4.03. The van der Waals surface area contributed by atoms with Crippen LogP contribution in [0.4, 0.5) is 11.5 Å². The maximum atomic E-state index is 13.1. The average Bonchev–Trinajstić information content (AvgIpc) is 3.52. The fraction of sp³-hybridized carbons (Fsp3) is 0.286. The van der Waals surface area contributed by atoms with Crippen molar-refractivity contribution >= 4 is 33.2 Å². The molecular weight excluding hydrogens is 516 g/mol. The van der Waals surface area contributed by atoms with Gasteiger partial charge in [0.05, 0.1) is 22.2 Å². The minimum absolute atomic E-state index is 0.0425. The Morgan fingerprint density at radius 1 is 1.05 bits per heavy atom. The van der Waals surface area contributed by atoms with Crippen LogP contribution in [0, 0.1) is 11.3 Å². The minimum Gasteiger partial charge on any atom is -0.312 e. The summed E-state index contributed by atoms with van der Waals surface area (Å²) in [5, 5.41) is 8.98. The molecule has 0 saturated carbocycles. The third kappa shape index (κ3) is 5.28. The van der Waals surface area contributed by atoms with Crippen molar-refractivity contribution in [1.82, 2.24) is 14.0 Å². The molecule has 3 heterocycles. The number of carbonyl (C=O) groups is 1. The van der Waals surface area contributed by atoms with E-state index < -0.39 is 15.6 Å². The van der Waals surface area contributed by atoms with Crippen LogP contribution in [0.5, 0.6) is 0 Å². The van der Waals surface area contributed by atoms with Gasteiger partial charge in [0.25, 0.3) is 15.6 Å². The van der Waals surface area contributed by atoms with Gasteiger partial charge in [0, 0.05) is 37.5 Å². The second-order valence-electron chi connectivity index (χ2n) is 9.46. The van der Waals surface area contributed by atoms with E-state index in [4.69, 9.17) is 5.26 Å². The molecule has 11 heteroatoms. The van der Waals surface area contributed by atoms with Crippen LogP contribution in [0.1, 0.15) is 44.6 Å². The number of aryl methyl sites for hydroxylation is 1. The van der Waals surface area contributed by atoms with Gasteiger partial charge in [-0.3, -0.25) is 18.7 Å². The van der Waals surface area contributed by atoms with E-state index in [1.807, 2.05) is 34.9 Å². The molecule has 0 atom stereocenters. The van der Waals surface area contributed by atoms with Gasteiger partial charge in [0.2, 0.25) is 11.7 Å². The predicted octanol–water partition coefficient (Wildman–Crippen LogP) is 4.15. The van der Waals surface area contributed by atoms with Gasteiger partial charge in [-0.2, -0.15) is 10.2 Å². The molecule has 0 radical (unpaired) electrons. The first kappa shape index (κ1) is 26.2. The van der Waals surface area contributed by atoms with Gasteiger partial charge in [-0.25, -0.2) is 8.42 Å². The van der Waals surface area contributed by atoms with Crippen LogP contribution in [0.25, 0.3) is 17.0 Å². The first-order valence-electron chi connectivity index (χ1n) is 12.9. The number of imidazole rings is 1. The number of amides is 1. The number of nitriles is 1.